The van der Waals surface area contributed by atoms with E-state index in [9.17, 15) is 13.6 Å². The predicted octanol–water partition coefficient (Wildman–Crippen LogP) is 2.98. The van der Waals surface area contributed by atoms with Crippen molar-refractivity contribution >= 4 is 17.9 Å². The third kappa shape index (κ3) is 3.97. The van der Waals surface area contributed by atoms with Crippen molar-refractivity contribution in [2.24, 2.45) is 10.7 Å². The molecule has 0 fully saturated rings. The van der Waals surface area contributed by atoms with Gasteiger partial charge in [0.2, 0.25) is 0 Å². The second-order valence-electron chi connectivity index (χ2n) is 6.43. The van der Waals surface area contributed by atoms with Gasteiger partial charge in [0.1, 0.15) is 5.75 Å². The number of methoxy groups -OCH3 is 1. The van der Waals surface area contributed by atoms with E-state index in [4.69, 9.17) is 10.5 Å². The number of likely N-dealkylation sites (N-methyl/N-ethyl adjacent to an activating group) is 1. The molecule has 1 heterocycles. The fourth-order valence-electron chi connectivity index (χ4n) is 3.21. The Morgan fingerprint density at radius 3 is 2.52 bits per heavy atom. The van der Waals surface area contributed by atoms with Gasteiger partial charge in [0.25, 0.3) is 5.91 Å². The first kappa shape index (κ1) is 20.5. The molecule has 8 heteroatoms. The number of halogens is 2. The normalized spacial score (nSPS) is 19.3. The summed E-state index contributed by atoms with van der Waals surface area (Å²) in [6.45, 7) is -2.48. The van der Waals surface area contributed by atoms with Crippen LogP contribution in [-0.2, 0) is 15.1 Å². The highest BCUT2D eigenvalue weighted by Crippen LogP contribution is 2.40. The number of hydrogen-bond acceptors (Lipinski definition) is 5. The molecule has 0 unspecified atom stereocenters. The minimum Gasteiger partial charge on any atom is -0.435 e. The number of guanidine groups is 1. The van der Waals surface area contributed by atoms with Crippen molar-refractivity contribution in [3.8, 4) is 5.75 Å². The zero-order chi connectivity index (χ0) is 21.0. The van der Waals surface area contributed by atoms with Gasteiger partial charge in [-0.3, -0.25) is 9.69 Å². The van der Waals surface area contributed by atoms with E-state index in [2.05, 4.69) is 9.73 Å². The summed E-state index contributed by atoms with van der Waals surface area (Å²) in [6.07, 6.45) is 3.72. The smallest absolute Gasteiger partial charge is 0.387 e. The van der Waals surface area contributed by atoms with Gasteiger partial charge in [-0.05, 0) is 34.9 Å². The van der Waals surface area contributed by atoms with E-state index < -0.39 is 12.2 Å². The lowest BCUT2D eigenvalue weighted by Gasteiger charge is -2.26. The molecule has 2 aromatic rings. The molecule has 1 amide bonds. The number of nitrogens with zero attached hydrogens (tertiary/aromatic N) is 2. The number of nitrogens with two attached hydrogens (primary N) is 1. The third-order valence-electron chi connectivity index (χ3n) is 4.61. The van der Waals surface area contributed by atoms with Crippen LogP contribution in [0.5, 0.6) is 5.75 Å². The molecular formula is C21H21F2N3O3. The minimum absolute atomic E-state index is 0.00842. The van der Waals surface area contributed by atoms with Crippen molar-refractivity contribution in [1.29, 1.82) is 0 Å². The number of aliphatic imine (C=N–C) groups is 1. The second-order valence-corrected chi connectivity index (χ2v) is 6.43. The summed E-state index contributed by atoms with van der Waals surface area (Å²) in [5, 5.41) is 0. The molecule has 0 saturated heterocycles. The minimum atomic E-state index is -2.93. The predicted molar refractivity (Wildman–Crippen MR) is 106 cm³/mol. The zero-order valence-corrected chi connectivity index (χ0v) is 16.0. The summed E-state index contributed by atoms with van der Waals surface area (Å²) in [7, 11) is 3.14. The molecule has 0 saturated carbocycles. The number of amides is 1. The van der Waals surface area contributed by atoms with Crippen LogP contribution in [0.15, 0.2) is 59.6 Å². The van der Waals surface area contributed by atoms with E-state index in [0.717, 1.165) is 5.56 Å². The number of ether oxygens (including phenoxy) is 2. The number of alkyl halides is 2. The quantitative estimate of drug-likeness (QED) is 0.774. The Kier molecular flexibility index (Phi) is 5.93. The van der Waals surface area contributed by atoms with E-state index in [0.29, 0.717) is 17.7 Å². The molecular weight excluding hydrogens is 380 g/mol. The van der Waals surface area contributed by atoms with Gasteiger partial charge in [0, 0.05) is 14.2 Å². The second kappa shape index (κ2) is 8.40. The summed E-state index contributed by atoms with van der Waals surface area (Å²) in [6, 6.07) is 13.2. The van der Waals surface area contributed by atoms with Gasteiger partial charge in [-0.25, -0.2) is 4.99 Å². The highest BCUT2D eigenvalue weighted by Gasteiger charge is 2.49. The summed E-state index contributed by atoms with van der Waals surface area (Å²) >= 11 is 0. The van der Waals surface area contributed by atoms with Crippen molar-refractivity contribution in [3.05, 3.63) is 71.3 Å². The van der Waals surface area contributed by atoms with Crippen molar-refractivity contribution in [3.63, 3.8) is 0 Å². The fourth-order valence-corrected chi connectivity index (χ4v) is 3.21. The maximum absolute atomic E-state index is 13.2. The molecule has 2 aromatic carbocycles. The molecule has 29 heavy (non-hydrogen) atoms. The largest absolute Gasteiger partial charge is 0.435 e. The average molecular weight is 401 g/mol. The number of benzene rings is 2. The molecule has 3 rings (SSSR count). The summed E-state index contributed by atoms with van der Waals surface area (Å²) in [4.78, 5) is 19.0. The lowest BCUT2D eigenvalue weighted by molar-refractivity contribution is -0.129. The Balaban J connectivity index is 2.09. The number of rotatable bonds is 7. The van der Waals surface area contributed by atoms with Gasteiger partial charge in [-0.2, -0.15) is 8.78 Å². The van der Waals surface area contributed by atoms with Crippen LogP contribution in [0.4, 0.5) is 8.78 Å². The van der Waals surface area contributed by atoms with E-state index >= 15 is 0 Å². The van der Waals surface area contributed by atoms with Crippen LogP contribution in [0.3, 0.4) is 0 Å². The lowest BCUT2D eigenvalue weighted by atomic mass is 9.82. The maximum Gasteiger partial charge on any atom is 0.387 e. The number of carbonyl (C=O) groups excluding carboxylic acids is 1. The van der Waals surface area contributed by atoms with Crippen LogP contribution in [0.25, 0.3) is 6.08 Å². The van der Waals surface area contributed by atoms with E-state index in [1.165, 1.54) is 17.0 Å². The first-order valence-electron chi connectivity index (χ1n) is 8.83. The van der Waals surface area contributed by atoms with Crippen molar-refractivity contribution in [2.45, 2.75) is 12.2 Å². The molecule has 1 atom stereocenters. The first-order chi connectivity index (χ1) is 13.9. The topological polar surface area (TPSA) is 77.2 Å². The van der Waals surface area contributed by atoms with Crippen LogP contribution in [0.1, 0.15) is 16.7 Å². The van der Waals surface area contributed by atoms with E-state index in [1.54, 1.807) is 32.4 Å². The highest BCUT2D eigenvalue weighted by molar-refractivity contribution is 6.09. The lowest BCUT2D eigenvalue weighted by Crippen LogP contribution is -2.41. The Bertz CT molecular complexity index is 944. The zero-order valence-electron chi connectivity index (χ0n) is 16.0. The molecule has 0 radical (unpaired) electrons. The third-order valence-corrected chi connectivity index (χ3v) is 4.61. The van der Waals surface area contributed by atoms with Gasteiger partial charge < -0.3 is 15.2 Å². The summed E-state index contributed by atoms with van der Waals surface area (Å²) in [5.41, 5.74) is 6.50. The molecule has 1 aliphatic heterocycles. The fraction of sp³-hybridized carbons (Fsp3) is 0.238. The Hall–Kier alpha value is -3.26. The van der Waals surface area contributed by atoms with Crippen molar-refractivity contribution in [1.82, 2.24) is 4.90 Å². The number of hydrogen-bond donors (Lipinski definition) is 1. The maximum atomic E-state index is 13.2. The van der Waals surface area contributed by atoms with E-state index in [1.807, 2.05) is 30.4 Å². The summed E-state index contributed by atoms with van der Waals surface area (Å²) < 4.78 is 34.3. The standard InChI is InChI=1S/C21H21F2N3O3/c1-26-18(27)21(25-20(26)24,15-8-10-17(11-9-15)29-19(22)23)16-7-3-5-14(13-16)6-4-12-28-2/h3-11,13,19H,12H2,1-2H3,(H2,24,25)/b6-4+/t21-/m0/s1. The van der Waals surface area contributed by atoms with Crippen molar-refractivity contribution < 1.29 is 23.0 Å². The SMILES string of the molecule is COC/C=C/c1cccc([C@]2(c3ccc(OC(F)F)cc3)N=C(N)N(C)C2=O)c1. The average Bonchev–Trinajstić information content (AvgIpc) is 2.93. The van der Waals surface area contributed by atoms with E-state index in [-0.39, 0.29) is 17.6 Å². The van der Waals surface area contributed by atoms with Crippen LogP contribution in [-0.4, -0.2) is 44.1 Å². The molecule has 0 spiro atoms. The monoisotopic (exact) mass is 401 g/mol. The van der Waals surface area contributed by atoms with Crippen LogP contribution in [0.2, 0.25) is 0 Å². The Morgan fingerprint density at radius 2 is 1.93 bits per heavy atom. The molecule has 2 N–H and O–H groups in total. The van der Waals surface area contributed by atoms with Gasteiger partial charge in [0.15, 0.2) is 11.5 Å². The molecule has 152 valence electrons. The Morgan fingerprint density at radius 1 is 1.21 bits per heavy atom. The first-order valence-corrected chi connectivity index (χ1v) is 8.83. The summed E-state index contributed by atoms with van der Waals surface area (Å²) in [5.74, 6) is -0.273. The van der Waals surface area contributed by atoms with Gasteiger partial charge in [-0.15, -0.1) is 0 Å². The highest BCUT2D eigenvalue weighted by atomic mass is 19.3. The Labute approximate surface area is 167 Å². The molecule has 6 nitrogen and oxygen atoms in total. The molecule has 0 bridgehead atoms. The molecule has 1 aliphatic rings. The van der Waals surface area contributed by atoms with Gasteiger partial charge in [0.05, 0.1) is 6.61 Å². The van der Waals surface area contributed by atoms with Crippen LogP contribution >= 0.6 is 0 Å². The van der Waals surface area contributed by atoms with Crippen molar-refractivity contribution in [2.75, 3.05) is 20.8 Å². The molecule has 0 aromatic heterocycles. The molecule has 0 aliphatic carbocycles. The van der Waals surface area contributed by atoms with Gasteiger partial charge in [-0.1, -0.05) is 42.5 Å². The van der Waals surface area contributed by atoms with Crippen LogP contribution in [0, 0.1) is 0 Å². The van der Waals surface area contributed by atoms with Crippen LogP contribution < -0.4 is 10.5 Å². The van der Waals surface area contributed by atoms with Gasteiger partial charge >= 0.3 is 6.61 Å². The number of carbonyl (C=O) groups is 1.